The van der Waals surface area contributed by atoms with Crippen LogP contribution in [0.25, 0.3) is 0 Å². The fourth-order valence-corrected chi connectivity index (χ4v) is 3.19. The number of rotatable bonds is 3. The lowest BCUT2D eigenvalue weighted by atomic mass is 10.2. The van der Waals surface area contributed by atoms with Crippen molar-refractivity contribution in [1.29, 1.82) is 0 Å². The van der Waals surface area contributed by atoms with Gasteiger partial charge < -0.3 is 19.7 Å². The van der Waals surface area contributed by atoms with Gasteiger partial charge in [-0.15, -0.1) is 0 Å². The second-order valence-corrected chi connectivity index (χ2v) is 6.76. The van der Waals surface area contributed by atoms with Crippen LogP contribution in [0.1, 0.15) is 5.56 Å². The van der Waals surface area contributed by atoms with Gasteiger partial charge in [0.2, 0.25) is 0 Å². The Kier molecular flexibility index (Phi) is 3.86. The van der Waals surface area contributed by atoms with Gasteiger partial charge in [-0.05, 0) is 5.56 Å². The Morgan fingerprint density at radius 1 is 1.28 bits per heavy atom. The molecule has 1 aromatic rings. The van der Waals surface area contributed by atoms with Crippen LogP contribution in [0, 0.1) is 4.91 Å². The number of hydrogen-bond donors (Lipinski definition) is 2. The van der Waals surface area contributed by atoms with Gasteiger partial charge in [-0.2, -0.15) is 0 Å². The zero-order chi connectivity index (χ0) is 13.2. The van der Waals surface area contributed by atoms with E-state index >= 15 is 0 Å². The summed E-state index contributed by atoms with van der Waals surface area (Å²) in [5.74, 6) is 0.631. The van der Waals surface area contributed by atoms with Gasteiger partial charge in [0.1, 0.15) is 0 Å². The first-order chi connectivity index (χ1) is 8.46. The summed E-state index contributed by atoms with van der Waals surface area (Å²) in [6.45, 7) is 1.88. The quantitative estimate of drug-likeness (QED) is 0.818. The number of hydrogen-bond acceptors (Lipinski definition) is 4. The predicted octanol–water partition coefficient (Wildman–Crippen LogP) is 1.71. The SMILES string of the molecule is O=[N+](O)c1ccc(CN2CCS([O-])(O)CC2)cc1. The molecule has 1 heterocycles. The van der Waals surface area contributed by atoms with Crippen molar-refractivity contribution in [2.24, 2.45) is 0 Å². The smallest absolute Gasteiger partial charge is 0.316 e. The van der Waals surface area contributed by atoms with Crippen molar-refractivity contribution in [3.8, 4) is 0 Å². The van der Waals surface area contributed by atoms with Crippen molar-refractivity contribution in [2.45, 2.75) is 6.54 Å². The maximum absolute atomic E-state index is 11.4. The maximum atomic E-state index is 11.4. The Morgan fingerprint density at radius 2 is 1.83 bits per heavy atom. The second kappa shape index (κ2) is 5.23. The van der Waals surface area contributed by atoms with Gasteiger partial charge >= 0.3 is 5.69 Å². The minimum Gasteiger partial charge on any atom is -0.768 e. The van der Waals surface area contributed by atoms with Gasteiger partial charge in [0.25, 0.3) is 4.92 Å². The van der Waals surface area contributed by atoms with E-state index in [-0.39, 0.29) is 10.6 Å². The molecule has 1 fully saturated rings. The normalized spacial score (nSPS) is 21.4. The molecule has 1 saturated heterocycles. The van der Waals surface area contributed by atoms with Gasteiger partial charge in [0.15, 0.2) is 0 Å². The topological polar surface area (TPSA) is 86.8 Å². The average molecular weight is 272 g/mol. The first-order valence-electron chi connectivity index (χ1n) is 5.66. The van der Waals surface area contributed by atoms with E-state index in [1.165, 1.54) is 0 Å². The molecule has 0 aromatic heterocycles. The summed E-state index contributed by atoms with van der Waals surface area (Å²) in [5, 5.41) is 8.70. The molecule has 18 heavy (non-hydrogen) atoms. The molecule has 0 spiro atoms. The fourth-order valence-electron chi connectivity index (χ4n) is 1.90. The minimum atomic E-state index is -2.60. The zero-order valence-corrected chi connectivity index (χ0v) is 10.7. The van der Waals surface area contributed by atoms with E-state index in [2.05, 4.69) is 4.90 Å². The summed E-state index contributed by atoms with van der Waals surface area (Å²) < 4.78 is 20.8. The highest BCUT2D eigenvalue weighted by Crippen LogP contribution is 2.40. The van der Waals surface area contributed by atoms with Crippen LogP contribution < -0.4 is 0 Å². The molecular weight excluding hydrogens is 256 g/mol. The van der Waals surface area contributed by atoms with E-state index in [1.807, 2.05) is 0 Å². The molecule has 2 N–H and O–H groups in total. The third-order valence-corrected chi connectivity index (χ3v) is 4.66. The fraction of sp³-hybridized carbons (Fsp3) is 0.455. The molecule has 0 unspecified atom stereocenters. The summed E-state index contributed by atoms with van der Waals surface area (Å²) in [7, 11) is -2.60. The summed E-state index contributed by atoms with van der Waals surface area (Å²) in [4.78, 5) is 12.5. The van der Waals surface area contributed by atoms with E-state index in [9.17, 15) is 14.0 Å². The van der Waals surface area contributed by atoms with Gasteiger partial charge in [0, 0.05) is 43.3 Å². The predicted molar refractivity (Wildman–Crippen MR) is 67.5 cm³/mol. The lowest BCUT2D eigenvalue weighted by molar-refractivity contribution is -0.729. The van der Waals surface area contributed by atoms with Crippen LogP contribution in [0.2, 0.25) is 0 Å². The molecule has 0 atom stereocenters. The molecule has 2 rings (SSSR count). The molecule has 0 aliphatic carbocycles. The molecule has 1 aliphatic heterocycles. The minimum absolute atomic E-state index is 0.175. The number of benzene rings is 1. The second-order valence-electron chi connectivity index (χ2n) is 4.40. The van der Waals surface area contributed by atoms with Crippen LogP contribution >= 0.6 is 10.6 Å². The first kappa shape index (κ1) is 13.3. The average Bonchev–Trinajstić information content (AvgIpc) is 2.33. The molecule has 1 aromatic carbocycles. The van der Waals surface area contributed by atoms with E-state index in [1.54, 1.807) is 24.3 Å². The zero-order valence-electron chi connectivity index (χ0n) is 9.86. The molecule has 0 bridgehead atoms. The van der Waals surface area contributed by atoms with Gasteiger partial charge in [-0.1, -0.05) is 12.1 Å². The summed E-state index contributed by atoms with van der Waals surface area (Å²) in [6, 6.07) is 6.62. The van der Waals surface area contributed by atoms with E-state index < -0.39 is 10.6 Å². The summed E-state index contributed by atoms with van der Waals surface area (Å²) in [5.41, 5.74) is 1.20. The van der Waals surface area contributed by atoms with Gasteiger partial charge in [-0.3, -0.25) is 4.90 Å². The summed E-state index contributed by atoms with van der Waals surface area (Å²) >= 11 is 0. The van der Waals surface area contributed by atoms with Crippen molar-refractivity contribution in [2.75, 3.05) is 24.6 Å². The molecule has 6 nitrogen and oxygen atoms in total. The molecular formula is C11H16N2O4S. The van der Waals surface area contributed by atoms with Crippen LogP contribution in [-0.4, -0.2) is 48.7 Å². The van der Waals surface area contributed by atoms with Crippen LogP contribution in [0.15, 0.2) is 24.3 Å². The van der Waals surface area contributed by atoms with Crippen molar-refractivity contribution in [1.82, 2.24) is 4.90 Å². The molecule has 0 saturated carbocycles. The highest BCUT2D eigenvalue weighted by molar-refractivity contribution is 8.24. The lowest BCUT2D eigenvalue weighted by Crippen LogP contribution is -2.37. The van der Waals surface area contributed by atoms with Crippen LogP contribution in [0.4, 0.5) is 5.69 Å². The molecule has 0 amide bonds. The van der Waals surface area contributed by atoms with Crippen LogP contribution in [-0.2, 0) is 6.54 Å². The summed E-state index contributed by atoms with van der Waals surface area (Å²) in [6.07, 6.45) is 0. The van der Waals surface area contributed by atoms with Crippen molar-refractivity contribution in [3.05, 3.63) is 34.7 Å². The third-order valence-electron chi connectivity index (χ3n) is 3.02. The largest absolute Gasteiger partial charge is 0.768 e. The first-order valence-corrected chi connectivity index (χ1v) is 7.51. The highest BCUT2D eigenvalue weighted by Gasteiger charge is 2.17. The van der Waals surface area contributed by atoms with Crippen molar-refractivity contribution < 1.29 is 19.2 Å². The van der Waals surface area contributed by atoms with Crippen LogP contribution in [0.5, 0.6) is 0 Å². The molecule has 0 radical (unpaired) electrons. The Morgan fingerprint density at radius 3 is 2.33 bits per heavy atom. The van der Waals surface area contributed by atoms with Gasteiger partial charge in [-0.25, -0.2) is 5.21 Å². The Hall–Kier alpha value is -1.15. The Balaban J connectivity index is 1.92. The molecule has 1 aliphatic rings. The van der Waals surface area contributed by atoms with E-state index in [4.69, 9.17) is 5.21 Å². The maximum Gasteiger partial charge on any atom is 0.316 e. The van der Waals surface area contributed by atoms with Crippen molar-refractivity contribution >= 4 is 16.3 Å². The van der Waals surface area contributed by atoms with Gasteiger partial charge in [0.05, 0.1) is 4.91 Å². The standard InChI is InChI=1S/C11H16N2O4S/c14-13(15)11-3-1-10(2-4-11)9-12-5-7-18(16,17)8-6-12/h1-4H,5-9H2,(H2-,14,15,16,17). The monoisotopic (exact) mass is 272 g/mol. The molecule has 7 heteroatoms. The molecule has 100 valence electrons. The Bertz CT molecular complexity index is 425. The van der Waals surface area contributed by atoms with Crippen LogP contribution in [0.3, 0.4) is 0 Å². The lowest BCUT2D eigenvalue weighted by Gasteiger charge is -2.51. The van der Waals surface area contributed by atoms with E-state index in [0.29, 0.717) is 31.1 Å². The number of nitrogens with zero attached hydrogens (tertiary/aromatic N) is 2. The van der Waals surface area contributed by atoms with E-state index in [0.717, 1.165) is 5.56 Å². The highest BCUT2D eigenvalue weighted by atomic mass is 32.3. The Labute approximate surface area is 107 Å². The van der Waals surface area contributed by atoms with Crippen molar-refractivity contribution in [3.63, 3.8) is 0 Å². The third kappa shape index (κ3) is 3.42.